The molecule has 1 saturated heterocycles. The van der Waals surface area contributed by atoms with Crippen molar-refractivity contribution in [2.75, 3.05) is 11.5 Å². The molecule has 3 aromatic rings. The number of nitro benzene ring substituents is 1. The molecule has 39 heavy (non-hydrogen) atoms. The number of nitrogens with zero attached hydrogens (tertiary/aromatic N) is 2. The minimum absolute atomic E-state index is 0.0394. The number of hydrogen-bond acceptors (Lipinski definition) is 7. The molecule has 0 aromatic heterocycles. The molecule has 1 aliphatic heterocycles. The first-order chi connectivity index (χ1) is 18.6. The van der Waals surface area contributed by atoms with Gasteiger partial charge in [-0.2, -0.15) is 0 Å². The predicted molar refractivity (Wildman–Crippen MR) is 153 cm³/mol. The summed E-state index contributed by atoms with van der Waals surface area (Å²) < 4.78 is 11.6. The molecule has 0 radical (unpaired) electrons. The second kappa shape index (κ2) is 12.0. The van der Waals surface area contributed by atoms with Crippen LogP contribution in [0.2, 0.25) is 15.1 Å². The number of thiocarbonyl (C=S) groups is 1. The lowest BCUT2D eigenvalue weighted by molar-refractivity contribution is -0.384. The Hall–Kier alpha value is -3.70. The number of nitrogens with one attached hydrogen (secondary N) is 1. The molecule has 0 spiro atoms. The van der Waals surface area contributed by atoms with E-state index in [-0.39, 0.29) is 61.8 Å². The lowest BCUT2D eigenvalue weighted by Crippen LogP contribution is -2.54. The van der Waals surface area contributed by atoms with Gasteiger partial charge in [-0.05, 0) is 72.7 Å². The zero-order valence-electron chi connectivity index (χ0n) is 20.1. The fourth-order valence-electron chi connectivity index (χ4n) is 3.65. The van der Waals surface area contributed by atoms with Crippen LogP contribution in [0, 0.1) is 10.1 Å². The first-order valence-corrected chi connectivity index (χ1v) is 12.8. The van der Waals surface area contributed by atoms with E-state index >= 15 is 0 Å². The maximum atomic E-state index is 13.4. The summed E-state index contributed by atoms with van der Waals surface area (Å²) in [5.74, 6) is -0.910. The van der Waals surface area contributed by atoms with E-state index in [0.29, 0.717) is 11.1 Å². The van der Waals surface area contributed by atoms with Gasteiger partial charge in [0.2, 0.25) is 0 Å². The van der Waals surface area contributed by atoms with Crippen molar-refractivity contribution in [2.24, 2.45) is 0 Å². The number of hydrogen-bond donors (Lipinski definition) is 1. The number of non-ortho nitro benzene ring substituents is 1. The largest absolute Gasteiger partial charge is 0.490 e. The molecule has 0 bridgehead atoms. The summed E-state index contributed by atoms with van der Waals surface area (Å²) in [7, 11) is 0. The molecule has 9 nitrogen and oxygen atoms in total. The lowest BCUT2D eigenvalue weighted by atomic mass is 10.1. The van der Waals surface area contributed by atoms with Crippen LogP contribution in [0.25, 0.3) is 6.08 Å². The Morgan fingerprint density at radius 2 is 1.77 bits per heavy atom. The third-order valence-electron chi connectivity index (χ3n) is 5.45. The minimum atomic E-state index is -0.708. The van der Waals surface area contributed by atoms with Crippen molar-refractivity contribution in [3.63, 3.8) is 0 Å². The number of amides is 2. The van der Waals surface area contributed by atoms with Gasteiger partial charge >= 0.3 is 0 Å². The SMILES string of the molecule is CCOc1cc(/C=C2\C(=O)NC(=S)N(c3cccc(Cl)c3Cl)C2=O)cc(Cl)c1OCc1ccc([N+](=O)[O-])cc1. The number of carbonyl (C=O) groups excluding carboxylic acids is 2. The van der Waals surface area contributed by atoms with Gasteiger partial charge in [0.1, 0.15) is 12.2 Å². The average molecular weight is 607 g/mol. The zero-order chi connectivity index (χ0) is 28.3. The van der Waals surface area contributed by atoms with Crippen molar-refractivity contribution in [1.82, 2.24) is 5.32 Å². The molecule has 1 heterocycles. The van der Waals surface area contributed by atoms with Gasteiger partial charge in [-0.25, -0.2) is 0 Å². The Labute approximate surface area is 243 Å². The molecule has 2 amide bonds. The standard InChI is InChI=1S/C26H18Cl3N3O6S/c1-2-37-21-12-15(11-19(28)23(21)38-13-14-6-8-16(9-7-14)32(35)36)10-17-24(33)30-26(39)31(25(17)34)20-5-3-4-18(27)22(20)29/h3-12H,2,13H2,1H3,(H,30,33,39)/b17-10+. The van der Waals surface area contributed by atoms with Crippen molar-refractivity contribution >= 4 is 81.4 Å². The maximum Gasteiger partial charge on any atom is 0.270 e. The van der Waals surface area contributed by atoms with Crippen LogP contribution in [0.4, 0.5) is 11.4 Å². The third kappa shape index (κ3) is 6.15. The van der Waals surface area contributed by atoms with E-state index in [1.807, 2.05) is 0 Å². The first-order valence-electron chi connectivity index (χ1n) is 11.3. The molecule has 1 fully saturated rings. The van der Waals surface area contributed by atoms with E-state index in [9.17, 15) is 19.7 Å². The zero-order valence-corrected chi connectivity index (χ0v) is 23.2. The summed E-state index contributed by atoms with van der Waals surface area (Å²) in [6.07, 6.45) is 1.35. The highest BCUT2D eigenvalue weighted by molar-refractivity contribution is 7.80. The van der Waals surface area contributed by atoms with Crippen molar-refractivity contribution in [3.8, 4) is 11.5 Å². The van der Waals surface area contributed by atoms with Crippen LogP contribution in [0.5, 0.6) is 11.5 Å². The van der Waals surface area contributed by atoms with Gasteiger partial charge in [0.05, 0.1) is 32.3 Å². The Kier molecular flexibility index (Phi) is 8.71. The van der Waals surface area contributed by atoms with Crippen LogP contribution in [0.3, 0.4) is 0 Å². The van der Waals surface area contributed by atoms with Crippen LogP contribution in [0.1, 0.15) is 18.1 Å². The highest BCUT2D eigenvalue weighted by atomic mass is 35.5. The highest BCUT2D eigenvalue weighted by Crippen LogP contribution is 2.39. The highest BCUT2D eigenvalue weighted by Gasteiger charge is 2.35. The predicted octanol–water partition coefficient (Wildman–Crippen LogP) is 6.36. The number of anilines is 1. The van der Waals surface area contributed by atoms with Gasteiger partial charge in [-0.15, -0.1) is 0 Å². The van der Waals surface area contributed by atoms with Gasteiger partial charge < -0.3 is 9.47 Å². The van der Waals surface area contributed by atoms with Gasteiger partial charge in [-0.1, -0.05) is 40.9 Å². The van der Waals surface area contributed by atoms with Gasteiger partial charge in [-0.3, -0.25) is 29.9 Å². The summed E-state index contributed by atoms with van der Waals surface area (Å²) in [6, 6.07) is 13.7. The topological polar surface area (TPSA) is 111 Å². The molecule has 0 atom stereocenters. The second-order valence-corrected chi connectivity index (χ2v) is 9.59. The Bertz CT molecular complexity index is 1530. The fourth-order valence-corrected chi connectivity index (χ4v) is 4.58. The first kappa shape index (κ1) is 28.3. The van der Waals surface area contributed by atoms with Crippen LogP contribution >= 0.6 is 47.0 Å². The Morgan fingerprint density at radius 3 is 2.44 bits per heavy atom. The normalized spacial score (nSPS) is 14.4. The molecular weight excluding hydrogens is 589 g/mol. The summed E-state index contributed by atoms with van der Waals surface area (Å²) in [5, 5.41) is 13.7. The molecule has 200 valence electrons. The van der Waals surface area contributed by atoms with E-state index < -0.39 is 16.7 Å². The maximum absolute atomic E-state index is 13.4. The third-order valence-corrected chi connectivity index (χ3v) is 6.82. The summed E-state index contributed by atoms with van der Waals surface area (Å²) in [4.78, 5) is 37.6. The second-order valence-electron chi connectivity index (χ2n) is 8.01. The van der Waals surface area contributed by atoms with E-state index in [2.05, 4.69) is 5.32 Å². The number of benzene rings is 3. The van der Waals surface area contributed by atoms with Crippen molar-refractivity contribution in [3.05, 3.63) is 96.5 Å². The van der Waals surface area contributed by atoms with E-state index in [1.165, 1.54) is 24.3 Å². The molecule has 0 saturated carbocycles. The van der Waals surface area contributed by atoms with Gasteiger partial charge in [0.25, 0.3) is 17.5 Å². The van der Waals surface area contributed by atoms with Crippen LogP contribution in [-0.2, 0) is 16.2 Å². The number of carbonyl (C=O) groups is 2. The van der Waals surface area contributed by atoms with Crippen LogP contribution < -0.4 is 19.7 Å². The van der Waals surface area contributed by atoms with Crippen LogP contribution in [-0.4, -0.2) is 28.5 Å². The van der Waals surface area contributed by atoms with E-state index in [1.54, 1.807) is 43.3 Å². The number of halogens is 3. The van der Waals surface area contributed by atoms with Crippen molar-refractivity contribution < 1.29 is 24.0 Å². The van der Waals surface area contributed by atoms with E-state index in [4.69, 9.17) is 56.5 Å². The molecule has 1 N–H and O–H groups in total. The Morgan fingerprint density at radius 1 is 1.05 bits per heavy atom. The fraction of sp³-hybridized carbons (Fsp3) is 0.115. The number of nitro groups is 1. The molecule has 3 aromatic carbocycles. The number of rotatable bonds is 8. The Balaban J connectivity index is 1.65. The average Bonchev–Trinajstić information content (AvgIpc) is 2.89. The summed E-state index contributed by atoms with van der Waals surface area (Å²) in [5.41, 5.74) is 1.01. The van der Waals surface area contributed by atoms with Crippen molar-refractivity contribution in [1.29, 1.82) is 0 Å². The lowest BCUT2D eigenvalue weighted by Gasteiger charge is -2.29. The molecule has 0 unspecified atom stereocenters. The van der Waals surface area contributed by atoms with E-state index in [0.717, 1.165) is 4.90 Å². The molecule has 4 rings (SSSR count). The quantitative estimate of drug-likeness (QED) is 0.104. The minimum Gasteiger partial charge on any atom is -0.490 e. The van der Waals surface area contributed by atoms with Crippen LogP contribution in [0.15, 0.2) is 60.2 Å². The molecular formula is C26H18Cl3N3O6S. The summed E-state index contributed by atoms with van der Waals surface area (Å²) >= 11 is 24.1. The van der Waals surface area contributed by atoms with Gasteiger partial charge in [0, 0.05) is 12.1 Å². The molecule has 0 aliphatic carbocycles. The van der Waals surface area contributed by atoms with Gasteiger partial charge in [0.15, 0.2) is 16.6 Å². The van der Waals surface area contributed by atoms with Crippen molar-refractivity contribution in [2.45, 2.75) is 13.5 Å². The monoisotopic (exact) mass is 605 g/mol. The summed E-state index contributed by atoms with van der Waals surface area (Å²) in [6.45, 7) is 2.11. The molecule has 13 heteroatoms. The smallest absolute Gasteiger partial charge is 0.270 e. The molecule has 1 aliphatic rings. The number of ether oxygens (including phenoxy) is 2.